The van der Waals surface area contributed by atoms with Gasteiger partial charge in [-0.15, -0.1) is 0 Å². The number of halogens is 1. The molecule has 0 atom stereocenters. The van der Waals surface area contributed by atoms with E-state index in [0.717, 1.165) is 5.56 Å². The Kier molecular flexibility index (Phi) is 4.29. The van der Waals surface area contributed by atoms with Crippen LogP contribution in [0.1, 0.15) is 12.2 Å². The van der Waals surface area contributed by atoms with Gasteiger partial charge in [-0.1, -0.05) is 23.7 Å². The maximum Gasteiger partial charge on any atom is 0.303 e. The highest BCUT2D eigenvalue weighted by Gasteiger charge is 2.17. The monoisotopic (exact) mass is 294 g/mol. The summed E-state index contributed by atoms with van der Waals surface area (Å²) in [4.78, 5) is 16.9. The lowest BCUT2D eigenvalue weighted by molar-refractivity contribution is -0.137. The average Bonchev–Trinajstić information content (AvgIpc) is 2.81. The van der Waals surface area contributed by atoms with Crippen molar-refractivity contribution in [1.29, 1.82) is 0 Å². The third-order valence-corrected chi connectivity index (χ3v) is 3.00. The van der Waals surface area contributed by atoms with E-state index in [1.54, 1.807) is 17.0 Å². The van der Waals surface area contributed by atoms with Gasteiger partial charge in [0, 0.05) is 31.1 Å². The zero-order chi connectivity index (χ0) is 14.7. The number of aliphatic carboxylic acids is 1. The Bertz CT molecular complexity index is 605. The Morgan fingerprint density at radius 1 is 1.35 bits per heavy atom. The minimum absolute atomic E-state index is 0.00263. The summed E-state index contributed by atoms with van der Waals surface area (Å²) < 4.78 is 5.63. The maximum absolute atomic E-state index is 10.7. The molecule has 1 aromatic carbocycles. The lowest BCUT2D eigenvalue weighted by Gasteiger charge is -2.03. The van der Waals surface area contributed by atoms with Gasteiger partial charge in [-0.3, -0.25) is 4.79 Å². The van der Waals surface area contributed by atoms with Gasteiger partial charge in [0.2, 0.25) is 0 Å². The van der Waals surface area contributed by atoms with Crippen molar-refractivity contribution in [3.63, 3.8) is 0 Å². The molecule has 1 N–H and O–H groups in total. The van der Waals surface area contributed by atoms with Crippen LogP contribution in [0.15, 0.2) is 28.7 Å². The number of aromatic nitrogens is 1. The van der Waals surface area contributed by atoms with Crippen LogP contribution in [0.3, 0.4) is 0 Å². The first-order chi connectivity index (χ1) is 9.47. The number of carbonyl (C=O) groups is 1. The summed E-state index contributed by atoms with van der Waals surface area (Å²) in [5.41, 5.74) is 1.51. The molecule has 0 fully saturated rings. The van der Waals surface area contributed by atoms with Crippen molar-refractivity contribution in [2.24, 2.45) is 0 Å². The van der Waals surface area contributed by atoms with Crippen molar-refractivity contribution in [3.8, 4) is 11.3 Å². The van der Waals surface area contributed by atoms with Crippen molar-refractivity contribution in [3.05, 3.63) is 35.0 Å². The predicted octanol–water partition coefficient (Wildman–Crippen LogP) is 3.08. The Balaban J connectivity index is 2.38. The van der Waals surface area contributed by atoms with Crippen LogP contribution in [-0.4, -0.2) is 30.2 Å². The van der Waals surface area contributed by atoms with Gasteiger partial charge in [0.15, 0.2) is 0 Å². The van der Waals surface area contributed by atoms with Crippen molar-refractivity contribution in [2.75, 3.05) is 19.0 Å². The molecular formula is C14H15ClN2O3. The minimum Gasteiger partial charge on any atom is -0.481 e. The van der Waals surface area contributed by atoms with E-state index in [2.05, 4.69) is 4.98 Å². The van der Waals surface area contributed by atoms with E-state index in [1.807, 2.05) is 26.2 Å². The first-order valence-electron chi connectivity index (χ1n) is 6.12. The smallest absolute Gasteiger partial charge is 0.303 e. The molecule has 0 aliphatic rings. The van der Waals surface area contributed by atoms with E-state index in [4.69, 9.17) is 21.1 Å². The summed E-state index contributed by atoms with van der Waals surface area (Å²) in [5, 5.41) is 9.43. The molecule has 20 heavy (non-hydrogen) atoms. The molecule has 2 rings (SSSR count). The van der Waals surface area contributed by atoms with Gasteiger partial charge >= 0.3 is 5.97 Å². The fourth-order valence-electron chi connectivity index (χ4n) is 1.75. The molecule has 6 heteroatoms. The van der Waals surface area contributed by atoms with Gasteiger partial charge in [0.1, 0.15) is 11.5 Å². The predicted molar refractivity (Wildman–Crippen MR) is 77.2 cm³/mol. The first-order valence-corrected chi connectivity index (χ1v) is 6.50. The summed E-state index contributed by atoms with van der Waals surface area (Å²) in [6.45, 7) is 0. The number of benzene rings is 1. The molecule has 0 aliphatic carbocycles. The second-order valence-corrected chi connectivity index (χ2v) is 5.00. The molecule has 5 nitrogen and oxygen atoms in total. The van der Waals surface area contributed by atoms with Gasteiger partial charge in [-0.25, -0.2) is 0 Å². The largest absolute Gasteiger partial charge is 0.481 e. The van der Waals surface area contributed by atoms with Crippen LogP contribution in [0.4, 0.5) is 6.01 Å². The average molecular weight is 295 g/mol. The SMILES string of the molecule is CN(C)c1nc(-c2ccc(Cl)cc2)c(CCC(=O)O)o1. The fourth-order valence-corrected chi connectivity index (χ4v) is 1.88. The summed E-state index contributed by atoms with van der Waals surface area (Å²) >= 11 is 5.87. The van der Waals surface area contributed by atoms with E-state index in [1.165, 1.54) is 0 Å². The molecule has 0 saturated heterocycles. The zero-order valence-electron chi connectivity index (χ0n) is 11.3. The van der Waals surface area contributed by atoms with Crippen molar-refractivity contribution in [1.82, 2.24) is 4.98 Å². The number of hydrogen-bond donors (Lipinski definition) is 1. The van der Waals surface area contributed by atoms with Crippen LogP contribution in [0.2, 0.25) is 5.02 Å². The summed E-state index contributed by atoms with van der Waals surface area (Å²) in [5.74, 6) is -0.298. The summed E-state index contributed by atoms with van der Waals surface area (Å²) in [6.07, 6.45) is 0.302. The maximum atomic E-state index is 10.7. The number of carboxylic acids is 1. The van der Waals surface area contributed by atoms with E-state index in [0.29, 0.717) is 28.9 Å². The van der Waals surface area contributed by atoms with Crippen LogP contribution in [0.5, 0.6) is 0 Å². The summed E-state index contributed by atoms with van der Waals surface area (Å²) in [6, 6.07) is 7.66. The minimum atomic E-state index is -0.866. The topological polar surface area (TPSA) is 66.6 Å². The van der Waals surface area contributed by atoms with Crippen LogP contribution >= 0.6 is 11.6 Å². The lowest BCUT2D eigenvalue weighted by atomic mass is 10.1. The highest BCUT2D eigenvalue weighted by molar-refractivity contribution is 6.30. The fraction of sp³-hybridized carbons (Fsp3) is 0.286. The van der Waals surface area contributed by atoms with Gasteiger partial charge in [-0.2, -0.15) is 4.98 Å². The van der Waals surface area contributed by atoms with E-state index in [9.17, 15) is 4.79 Å². The number of carboxylic acid groups (broad SMARTS) is 1. The van der Waals surface area contributed by atoms with Crippen LogP contribution in [0.25, 0.3) is 11.3 Å². The number of oxazole rings is 1. The Labute approximate surface area is 121 Å². The molecule has 0 bridgehead atoms. The van der Waals surface area contributed by atoms with E-state index < -0.39 is 5.97 Å². The molecule has 0 aliphatic heterocycles. The zero-order valence-corrected chi connectivity index (χ0v) is 12.0. The molecule has 0 saturated carbocycles. The number of aryl methyl sites for hydroxylation is 1. The van der Waals surface area contributed by atoms with Gasteiger partial charge in [0.25, 0.3) is 6.01 Å². The number of hydrogen-bond acceptors (Lipinski definition) is 4. The molecule has 0 unspecified atom stereocenters. The summed E-state index contributed by atoms with van der Waals surface area (Å²) in [7, 11) is 3.64. The quantitative estimate of drug-likeness (QED) is 0.918. The van der Waals surface area contributed by atoms with Gasteiger partial charge < -0.3 is 14.4 Å². The Morgan fingerprint density at radius 2 is 2.00 bits per heavy atom. The molecule has 106 valence electrons. The van der Waals surface area contributed by atoms with Crippen molar-refractivity contribution >= 4 is 23.6 Å². The third kappa shape index (κ3) is 3.30. The number of rotatable bonds is 5. The standard InChI is InChI=1S/C14H15ClN2O3/c1-17(2)14-16-13(9-3-5-10(15)6-4-9)11(20-14)7-8-12(18)19/h3-6H,7-8H2,1-2H3,(H,18,19). The highest BCUT2D eigenvalue weighted by Crippen LogP contribution is 2.29. The van der Waals surface area contributed by atoms with Crippen LogP contribution in [0, 0.1) is 0 Å². The number of anilines is 1. The molecule has 2 aromatic rings. The normalized spacial score (nSPS) is 10.6. The molecule has 1 aromatic heterocycles. The molecule has 0 spiro atoms. The van der Waals surface area contributed by atoms with Crippen LogP contribution < -0.4 is 4.90 Å². The molecular weight excluding hydrogens is 280 g/mol. The Morgan fingerprint density at radius 3 is 2.55 bits per heavy atom. The van der Waals surface area contributed by atoms with Crippen molar-refractivity contribution in [2.45, 2.75) is 12.8 Å². The Hall–Kier alpha value is -2.01. The lowest BCUT2D eigenvalue weighted by Crippen LogP contribution is -2.08. The van der Waals surface area contributed by atoms with Gasteiger partial charge in [0.05, 0.1) is 6.42 Å². The molecule has 0 radical (unpaired) electrons. The molecule has 0 amide bonds. The van der Waals surface area contributed by atoms with E-state index in [-0.39, 0.29) is 6.42 Å². The second-order valence-electron chi connectivity index (χ2n) is 4.56. The highest BCUT2D eigenvalue weighted by atomic mass is 35.5. The van der Waals surface area contributed by atoms with Gasteiger partial charge in [-0.05, 0) is 12.1 Å². The first kappa shape index (κ1) is 14.4. The third-order valence-electron chi connectivity index (χ3n) is 2.75. The van der Waals surface area contributed by atoms with Crippen LogP contribution in [-0.2, 0) is 11.2 Å². The number of nitrogens with zero attached hydrogens (tertiary/aromatic N) is 2. The van der Waals surface area contributed by atoms with E-state index >= 15 is 0 Å². The second kappa shape index (κ2) is 5.96. The molecule has 1 heterocycles. The van der Waals surface area contributed by atoms with Crippen molar-refractivity contribution < 1.29 is 14.3 Å².